The van der Waals surface area contributed by atoms with E-state index in [0.29, 0.717) is 16.7 Å². The van der Waals surface area contributed by atoms with Crippen molar-refractivity contribution < 1.29 is 19.1 Å². The van der Waals surface area contributed by atoms with Gasteiger partial charge < -0.3 is 19.2 Å². The lowest BCUT2D eigenvalue weighted by Gasteiger charge is -2.11. The van der Waals surface area contributed by atoms with Crippen LogP contribution in [0.15, 0.2) is 24.8 Å². The van der Waals surface area contributed by atoms with Crippen molar-refractivity contribution in [1.29, 1.82) is 0 Å². The Morgan fingerprint density at radius 3 is 2.75 bits per heavy atom. The topological polar surface area (TPSA) is 125 Å². The van der Waals surface area contributed by atoms with E-state index in [1.807, 2.05) is 0 Å². The molecule has 0 saturated carbocycles. The lowest BCUT2D eigenvalue weighted by Crippen LogP contribution is -2.05. The molecule has 2 aromatic heterocycles. The summed E-state index contributed by atoms with van der Waals surface area (Å²) in [7, 11) is 2.75. The van der Waals surface area contributed by atoms with E-state index in [0.717, 1.165) is 0 Å². The maximum atomic E-state index is 11.4. The molecule has 124 valence electrons. The first-order chi connectivity index (χ1) is 11.7. The van der Waals surface area contributed by atoms with Crippen molar-refractivity contribution in [2.75, 3.05) is 14.2 Å². The Bertz CT molecular complexity index is 894. The maximum Gasteiger partial charge on any atom is 0.321 e. The predicted molar refractivity (Wildman–Crippen MR) is 82.2 cm³/mol. The smallest absolute Gasteiger partial charge is 0.321 e. The highest BCUT2D eigenvalue weighted by Crippen LogP contribution is 2.39. The fourth-order valence-corrected chi connectivity index (χ4v) is 2.26. The van der Waals surface area contributed by atoms with E-state index in [1.165, 1.54) is 26.9 Å². The van der Waals surface area contributed by atoms with Gasteiger partial charge in [-0.2, -0.15) is 4.98 Å². The molecule has 1 aromatic carbocycles. The first kappa shape index (κ1) is 15.5. The van der Waals surface area contributed by atoms with E-state index >= 15 is 0 Å². The van der Waals surface area contributed by atoms with Gasteiger partial charge in [0.2, 0.25) is 11.6 Å². The monoisotopic (exact) mass is 331 g/mol. The standard InChI is InChI=1S/C14H13N5O5/c1-22-9-4-3-8(11(19(20)21)12(9)23-2)5-24-14-10-13(16-6-15-10)17-7-18-14/h3-4,6-7H,5H2,1-2H3,(H,15,16,17,18). The second kappa shape index (κ2) is 6.36. The van der Waals surface area contributed by atoms with Gasteiger partial charge >= 0.3 is 5.69 Å². The molecule has 0 aliphatic heterocycles. The van der Waals surface area contributed by atoms with Crippen molar-refractivity contribution in [1.82, 2.24) is 19.9 Å². The Labute approximate surface area is 135 Å². The molecule has 0 aliphatic carbocycles. The van der Waals surface area contributed by atoms with Gasteiger partial charge in [-0.15, -0.1) is 0 Å². The van der Waals surface area contributed by atoms with Crippen LogP contribution in [0.2, 0.25) is 0 Å². The summed E-state index contributed by atoms with van der Waals surface area (Å²) in [6.07, 6.45) is 2.78. The second-order valence-electron chi connectivity index (χ2n) is 4.63. The quantitative estimate of drug-likeness (QED) is 0.536. The fourth-order valence-electron chi connectivity index (χ4n) is 2.26. The first-order valence-corrected chi connectivity index (χ1v) is 6.80. The van der Waals surface area contributed by atoms with Crippen LogP contribution in [-0.2, 0) is 6.61 Å². The lowest BCUT2D eigenvalue weighted by atomic mass is 10.1. The third-order valence-corrected chi connectivity index (χ3v) is 3.33. The maximum absolute atomic E-state index is 11.4. The van der Waals surface area contributed by atoms with Gasteiger partial charge in [0.05, 0.1) is 31.0 Å². The molecule has 24 heavy (non-hydrogen) atoms. The van der Waals surface area contributed by atoms with Crippen molar-refractivity contribution in [2.45, 2.75) is 6.61 Å². The molecule has 0 amide bonds. The average Bonchev–Trinajstić information content (AvgIpc) is 3.07. The minimum atomic E-state index is -0.538. The number of hydrogen-bond acceptors (Lipinski definition) is 8. The van der Waals surface area contributed by atoms with Crippen LogP contribution >= 0.6 is 0 Å². The number of aromatic amines is 1. The van der Waals surface area contributed by atoms with Gasteiger partial charge in [-0.1, -0.05) is 0 Å². The van der Waals surface area contributed by atoms with Crippen molar-refractivity contribution in [3.05, 3.63) is 40.5 Å². The predicted octanol–water partition coefficient (Wildman–Crippen LogP) is 1.86. The number of imidazole rings is 1. The molecule has 0 atom stereocenters. The summed E-state index contributed by atoms with van der Waals surface area (Å²) in [6, 6.07) is 3.12. The highest BCUT2D eigenvalue weighted by molar-refractivity contribution is 5.75. The fraction of sp³-hybridized carbons (Fsp3) is 0.214. The van der Waals surface area contributed by atoms with E-state index in [-0.39, 0.29) is 29.7 Å². The molecule has 0 bridgehead atoms. The summed E-state index contributed by atoms with van der Waals surface area (Å²) in [5.41, 5.74) is 1.06. The number of aromatic nitrogens is 4. The zero-order valence-electron chi connectivity index (χ0n) is 12.8. The normalized spacial score (nSPS) is 10.6. The Kier molecular flexibility index (Phi) is 4.10. The van der Waals surface area contributed by atoms with E-state index < -0.39 is 4.92 Å². The van der Waals surface area contributed by atoms with Gasteiger partial charge in [0, 0.05) is 0 Å². The van der Waals surface area contributed by atoms with Crippen molar-refractivity contribution in [3.8, 4) is 17.4 Å². The molecule has 3 aromatic rings. The van der Waals surface area contributed by atoms with Crippen molar-refractivity contribution in [3.63, 3.8) is 0 Å². The Hall–Kier alpha value is -3.43. The molecule has 0 radical (unpaired) electrons. The third-order valence-electron chi connectivity index (χ3n) is 3.33. The molecule has 0 aliphatic rings. The number of hydrogen-bond donors (Lipinski definition) is 1. The summed E-state index contributed by atoms with van der Waals surface area (Å²) in [5, 5.41) is 11.4. The van der Waals surface area contributed by atoms with Gasteiger partial charge in [0.15, 0.2) is 16.9 Å². The zero-order valence-corrected chi connectivity index (χ0v) is 12.8. The number of methoxy groups -OCH3 is 2. The molecule has 1 N–H and O–H groups in total. The summed E-state index contributed by atoms with van der Waals surface area (Å²) < 4.78 is 15.8. The minimum Gasteiger partial charge on any atom is -0.493 e. The molecule has 0 fully saturated rings. The van der Waals surface area contributed by atoms with E-state index in [2.05, 4.69) is 19.9 Å². The van der Waals surface area contributed by atoms with Crippen LogP contribution in [-0.4, -0.2) is 39.1 Å². The Morgan fingerprint density at radius 1 is 1.21 bits per heavy atom. The number of benzene rings is 1. The second-order valence-corrected chi connectivity index (χ2v) is 4.63. The number of ether oxygens (including phenoxy) is 3. The van der Waals surface area contributed by atoms with Gasteiger partial charge in [0.25, 0.3) is 0 Å². The largest absolute Gasteiger partial charge is 0.493 e. The third kappa shape index (κ3) is 2.64. The number of nitro groups is 1. The van der Waals surface area contributed by atoms with Crippen LogP contribution in [0.25, 0.3) is 11.2 Å². The molecule has 0 saturated heterocycles. The van der Waals surface area contributed by atoms with Gasteiger partial charge in [-0.05, 0) is 12.1 Å². The summed E-state index contributed by atoms with van der Waals surface area (Å²) in [5.74, 6) is 0.534. The molecule has 10 nitrogen and oxygen atoms in total. The summed E-state index contributed by atoms with van der Waals surface area (Å²) in [6.45, 7) is -0.0877. The number of nitro benzene ring substituents is 1. The van der Waals surface area contributed by atoms with Crippen LogP contribution < -0.4 is 14.2 Å². The zero-order chi connectivity index (χ0) is 17.1. The van der Waals surface area contributed by atoms with E-state index in [4.69, 9.17) is 14.2 Å². The van der Waals surface area contributed by atoms with Crippen LogP contribution in [0, 0.1) is 10.1 Å². The van der Waals surface area contributed by atoms with Gasteiger partial charge in [0.1, 0.15) is 12.9 Å². The Balaban J connectivity index is 1.95. The molecule has 0 spiro atoms. The molecule has 10 heteroatoms. The summed E-state index contributed by atoms with van der Waals surface area (Å²) in [4.78, 5) is 25.8. The van der Waals surface area contributed by atoms with Crippen LogP contribution in [0.5, 0.6) is 17.4 Å². The highest BCUT2D eigenvalue weighted by Gasteiger charge is 2.25. The highest BCUT2D eigenvalue weighted by atomic mass is 16.6. The SMILES string of the molecule is COc1ccc(COc2ncnc3[nH]cnc23)c([N+](=O)[O-])c1OC. The number of fused-ring (bicyclic) bond motifs is 1. The Morgan fingerprint density at radius 2 is 2.04 bits per heavy atom. The minimum absolute atomic E-state index is 0.0382. The van der Waals surface area contributed by atoms with Crippen LogP contribution in [0.1, 0.15) is 5.56 Å². The summed E-state index contributed by atoms with van der Waals surface area (Å²) >= 11 is 0. The molecular weight excluding hydrogens is 318 g/mol. The first-order valence-electron chi connectivity index (χ1n) is 6.80. The van der Waals surface area contributed by atoms with Crippen LogP contribution in [0.4, 0.5) is 5.69 Å². The van der Waals surface area contributed by atoms with E-state index in [1.54, 1.807) is 12.1 Å². The number of rotatable bonds is 6. The van der Waals surface area contributed by atoms with Gasteiger partial charge in [-0.25, -0.2) is 9.97 Å². The van der Waals surface area contributed by atoms with Crippen molar-refractivity contribution in [2.24, 2.45) is 0 Å². The molecular formula is C14H13N5O5. The average molecular weight is 331 g/mol. The van der Waals surface area contributed by atoms with Crippen molar-refractivity contribution >= 4 is 16.9 Å². The lowest BCUT2D eigenvalue weighted by molar-refractivity contribution is -0.386. The molecule has 2 heterocycles. The molecule has 3 rings (SSSR count). The number of H-pyrrole nitrogens is 1. The number of nitrogens with zero attached hydrogens (tertiary/aromatic N) is 4. The van der Waals surface area contributed by atoms with Gasteiger partial charge in [-0.3, -0.25) is 10.1 Å². The van der Waals surface area contributed by atoms with E-state index in [9.17, 15) is 10.1 Å². The van der Waals surface area contributed by atoms with Crippen LogP contribution in [0.3, 0.4) is 0 Å². The number of nitrogens with one attached hydrogen (secondary N) is 1. The molecule has 0 unspecified atom stereocenters.